The molecule has 0 radical (unpaired) electrons. The van der Waals surface area contributed by atoms with Crippen LogP contribution in [-0.2, 0) is 4.79 Å². The molecule has 0 aliphatic carbocycles. The fraction of sp³-hybridized carbons (Fsp3) is 0. The monoisotopic (exact) mass is 272 g/mol. The molecule has 0 unspecified atom stereocenters. The minimum absolute atomic E-state index is 0.162. The fourth-order valence-electron chi connectivity index (χ4n) is 1.67. The van der Waals surface area contributed by atoms with Gasteiger partial charge in [0.05, 0.1) is 11.9 Å². The van der Waals surface area contributed by atoms with Crippen LogP contribution in [0.25, 0.3) is 6.08 Å². The van der Waals surface area contributed by atoms with E-state index in [0.29, 0.717) is 11.3 Å². The average Bonchev–Trinajstić information content (AvgIpc) is 2.91. The lowest BCUT2D eigenvalue weighted by Gasteiger charge is -2.20. The highest BCUT2D eigenvalue weighted by molar-refractivity contribution is 6.08. The maximum absolute atomic E-state index is 11.6. The molecule has 0 saturated heterocycles. The minimum Gasteiger partial charge on any atom is -0.464 e. The van der Waals surface area contributed by atoms with Crippen LogP contribution in [-0.4, -0.2) is 27.3 Å². The molecule has 0 aliphatic rings. The third-order valence-electron chi connectivity index (χ3n) is 2.52. The molecular weight excluding hydrogens is 260 g/mol. The number of nitrogens with zero attached hydrogens (tertiary/aromatic N) is 2. The predicted molar refractivity (Wildman–Crippen MR) is 72.7 cm³/mol. The molecule has 7 nitrogen and oxygen atoms in total. The Morgan fingerprint density at radius 3 is 2.50 bits per heavy atom. The smallest absolute Gasteiger partial charge is 0.416 e. The van der Waals surface area contributed by atoms with E-state index in [0.717, 1.165) is 4.90 Å². The maximum Gasteiger partial charge on any atom is 0.416 e. The molecule has 0 atom stereocenters. The van der Waals surface area contributed by atoms with Crippen LogP contribution in [0.5, 0.6) is 0 Å². The molecule has 0 saturated carbocycles. The number of nitrogens with two attached hydrogens (primary N) is 1. The summed E-state index contributed by atoms with van der Waals surface area (Å²) in [5, 5.41) is 15.6. The van der Waals surface area contributed by atoms with E-state index in [1.165, 1.54) is 18.5 Å². The molecule has 0 spiro atoms. The number of hydrogen-bond acceptors (Lipinski definition) is 3. The van der Waals surface area contributed by atoms with E-state index < -0.39 is 12.0 Å². The zero-order valence-electron chi connectivity index (χ0n) is 10.4. The van der Waals surface area contributed by atoms with Gasteiger partial charge in [0.15, 0.2) is 0 Å². The Kier molecular flexibility index (Phi) is 3.80. The van der Waals surface area contributed by atoms with Gasteiger partial charge in [0.2, 0.25) is 0 Å². The van der Waals surface area contributed by atoms with Crippen molar-refractivity contribution in [3.63, 3.8) is 0 Å². The number of carbonyl (C=O) groups is 2. The standard InChI is InChI=1S/C13H12N4O3/c14-12(18)11(6-9-7-15-16-8-9)17(13(19)20)10-4-2-1-3-5-10/h1-8H,(H2,14,18)(H,15,16)(H,19,20). The Labute approximate surface area is 114 Å². The van der Waals surface area contributed by atoms with Crippen molar-refractivity contribution in [3.8, 4) is 0 Å². The van der Waals surface area contributed by atoms with Crippen LogP contribution < -0.4 is 10.6 Å². The van der Waals surface area contributed by atoms with Gasteiger partial charge in [-0.3, -0.25) is 9.89 Å². The van der Waals surface area contributed by atoms with E-state index in [1.54, 1.807) is 30.3 Å². The first-order chi connectivity index (χ1) is 9.59. The SMILES string of the molecule is NC(=O)C(=Cc1cn[nH]c1)N(C(=O)O)c1ccccc1. The molecule has 20 heavy (non-hydrogen) atoms. The molecule has 1 aromatic carbocycles. The van der Waals surface area contributed by atoms with Gasteiger partial charge in [0, 0.05) is 11.8 Å². The summed E-state index contributed by atoms with van der Waals surface area (Å²) in [5.41, 5.74) is 5.99. The molecule has 1 heterocycles. The van der Waals surface area contributed by atoms with Crippen molar-refractivity contribution in [1.82, 2.24) is 10.2 Å². The number of aromatic amines is 1. The van der Waals surface area contributed by atoms with E-state index >= 15 is 0 Å². The predicted octanol–water partition coefficient (Wildman–Crippen LogP) is 1.42. The van der Waals surface area contributed by atoms with Gasteiger partial charge in [-0.2, -0.15) is 5.10 Å². The number of carboxylic acid groups (broad SMARTS) is 1. The van der Waals surface area contributed by atoms with Crippen LogP contribution in [0.1, 0.15) is 5.56 Å². The number of hydrogen-bond donors (Lipinski definition) is 3. The minimum atomic E-state index is -1.30. The first kappa shape index (κ1) is 13.3. The van der Waals surface area contributed by atoms with E-state index in [1.807, 2.05) is 0 Å². The summed E-state index contributed by atoms with van der Waals surface area (Å²) in [4.78, 5) is 23.8. The fourth-order valence-corrected chi connectivity index (χ4v) is 1.67. The Hall–Kier alpha value is -3.09. The van der Waals surface area contributed by atoms with Crippen LogP contribution in [0.3, 0.4) is 0 Å². The van der Waals surface area contributed by atoms with Gasteiger partial charge in [-0.15, -0.1) is 0 Å². The van der Waals surface area contributed by atoms with Gasteiger partial charge in [0.25, 0.3) is 5.91 Å². The molecule has 1 aromatic heterocycles. The summed E-state index contributed by atoms with van der Waals surface area (Å²) in [6, 6.07) is 8.22. The number of aromatic nitrogens is 2. The lowest BCUT2D eigenvalue weighted by atomic mass is 10.2. The summed E-state index contributed by atoms with van der Waals surface area (Å²) in [6.07, 6.45) is 3.03. The number of rotatable bonds is 4. The summed E-state index contributed by atoms with van der Waals surface area (Å²) < 4.78 is 0. The van der Waals surface area contributed by atoms with Crippen LogP contribution in [0, 0.1) is 0 Å². The van der Waals surface area contributed by atoms with Gasteiger partial charge in [-0.05, 0) is 18.2 Å². The van der Waals surface area contributed by atoms with Crippen LogP contribution in [0.15, 0.2) is 48.4 Å². The lowest BCUT2D eigenvalue weighted by molar-refractivity contribution is -0.114. The number of carbonyl (C=O) groups excluding carboxylic acids is 1. The van der Waals surface area contributed by atoms with Crippen LogP contribution in [0.4, 0.5) is 10.5 Å². The first-order valence-corrected chi connectivity index (χ1v) is 5.68. The Morgan fingerprint density at radius 2 is 2.00 bits per heavy atom. The highest BCUT2D eigenvalue weighted by Crippen LogP contribution is 2.20. The first-order valence-electron chi connectivity index (χ1n) is 5.68. The van der Waals surface area contributed by atoms with Crippen molar-refractivity contribution in [2.45, 2.75) is 0 Å². The zero-order chi connectivity index (χ0) is 14.5. The third-order valence-corrected chi connectivity index (χ3v) is 2.52. The molecule has 2 aromatic rings. The van der Waals surface area contributed by atoms with Crippen molar-refractivity contribution >= 4 is 23.8 Å². The molecule has 2 rings (SSSR count). The number of H-pyrrole nitrogens is 1. The number of primary amides is 1. The Balaban J connectivity index is 2.50. The molecule has 102 valence electrons. The van der Waals surface area contributed by atoms with Crippen molar-refractivity contribution in [2.24, 2.45) is 5.73 Å². The second-order valence-electron chi connectivity index (χ2n) is 3.88. The largest absolute Gasteiger partial charge is 0.464 e. The van der Waals surface area contributed by atoms with Gasteiger partial charge in [-0.25, -0.2) is 9.69 Å². The van der Waals surface area contributed by atoms with E-state index in [9.17, 15) is 14.7 Å². The van der Waals surface area contributed by atoms with Crippen molar-refractivity contribution in [1.29, 1.82) is 0 Å². The van der Waals surface area contributed by atoms with Gasteiger partial charge in [0.1, 0.15) is 5.70 Å². The highest BCUT2D eigenvalue weighted by Gasteiger charge is 2.23. The number of para-hydroxylation sites is 1. The van der Waals surface area contributed by atoms with Gasteiger partial charge in [-0.1, -0.05) is 18.2 Å². The van der Waals surface area contributed by atoms with E-state index in [4.69, 9.17) is 5.73 Å². The molecule has 0 aliphatic heterocycles. The topological polar surface area (TPSA) is 112 Å². The third kappa shape index (κ3) is 2.83. The second-order valence-corrected chi connectivity index (χ2v) is 3.88. The van der Waals surface area contributed by atoms with Crippen molar-refractivity contribution < 1.29 is 14.7 Å². The number of anilines is 1. The maximum atomic E-state index is 11.6. The summed E-state index contributed by atoms with van der Waals surface area (Å²) in [6.45, 7) is 0. The van der Waals surface area contributed by atoms with Crippen LogP contribution in [0.2, 0.25) is 0 Å². The molecule has 2 amide bonds. The Bertz CT molecular complexity index is 635. The number of benzene rings is 1. The number of nitrogens with one attached hydrogen (secondary N) is 1. The van der Waals surface area contributed by atoms with E-state index in [-0.39, 0.29) is 5.70 Å². The molecule has 4 N–H and O–H groups in total. The van der Waals surface area contributed by atoms with Crippen LogP contribution >= 0.6 is 0 Å². The quantitative estimate of drug-likeness (QED) is 0.730. The van der Waals surface area contributed by atoms with E-state index in [2.05, 4.69) is 10.2 Å². The summed E-state index contributed by atoms with van der Waals surface area (Å²) in [7, 11) is 0. The second kappa shape index (κ2) is 5.70. The van der Waals surface area contributed by atoms with Crippen molar-refractivity contribution in [2.75, 3.05) is 4.90 Å². The van der Waals surface area contributed by atoms with Gasteiger partial charge >= 0.3 is 6.09 Å². The number of amides is 2. The Morgan fingerprint density at radius 1 is 1.30 bits per heavy atom. The molecule has 0 fully saturated rings. The normalized spacial score (nSPS) is 11.1. The molecule has 7 heteroatoms. The van der Waals surface area contributed by atoms with Crippen molar-refractivity contribution in [3.05, 3.63) is 54.0 Å². The summed E-state index contributed by atoms with van der Waals surface area (Å²) in [5.74, 6) is -0.850. The lowest BCUT2D eigenvalue weighted by Crippen LogP contribution is -2.35. The highest BCUT2D eigenvalue weighted by atomic mass is 16.4. The molecule has 0 bridgehead atoms. The van der Waals surface area contributed by atoms with Gasteiger partial charge < -0.3 is 10.8 Å². The molecular formula is C13H12N4O3. The average molecular weight is 272 g/mol. The zero-order valence-corrected chi connectivity index (χ0v) is 10.4. The summed E-state index contributed by atoms with van der Waals surface area (Å²) >= 11 is 0.